The summed E-state index contributed by atoms with van der Waals surface area (Å²) in [6, 6.07) is 3.76. The second kappa shape index (κ2) is 5.00. The van der Waals surface area contributed by atoms with Crippen LogP contribution in [0.1, 0.15) is 25.6 Å². The van der Waals surface area contributed by atoms with E-state index in [9.17, 15) is 4.79 Å². The monoisotopic (exact) mass is 234 g/mol. The Morgan fingerprint density at radius 2 is 2.25 bits per heavy atom. The molecule has 0 saturated carbocycles. The van der Waals surface area contributed by atoms with Crippen LogP contribution in [0.2, 0.25) is 0 Å². The smallest absolute Gasteiger partial charge is 0.332 e. The van der Waals surface area contributed by atoms with Gasteiger partial charge >= 0.3 is 5.97 Å². The highest BCUT2D eigenvalue weighted by Gasteiger charge is 2.15. The first kappa shape index (κ1) is 12.5. The van der Waals surface area contributed by atoms with Gasteiger partial charge in [0.25, 0.3) is 0 Å². The Bertz CT molecular complexity index is 427. The molecule has 0 spiro atoms. The zero-order valence-electron chi connectivity index (χ0n) is 9.61. The maximum Gasteiger partial charge on any atom is 0.332 e. The van der Waals surface area contributed by atoms with E-state index in [2.05, 4.69) is 5.92 Å². The SMILES string of the molecule is C#CC(=CC(=O)OC(C)(C)C)c1cccs1. The van der Waals surface area contributed by atoms with E-state index in [1.807, 2.05) is 38.3 Å². The summed E-state index contributed by atoms with van der Waals surface area (Å²) in [4.78, 5) is 12.4. The molecule has 2 nitrogen and oxygen atoms in total. The number of terminal acetylenes is 1. The number of allylic oxidation sites excluding steroid dienone is 1. The van der Waals surface area contributed by atoms with E-state index in [0.29, 0.717) is 5.57 Å². The fourth-order valence-electron chi connectivity index (χ4n) is 1.06. The van der Waals surface area contributed by atoms with Gasteiger partial charge in [0.15, 0.2) is 0 Å². The quantitative estimate of drug-likeness (QED) is 0.446. The molecule has 0 aliphatic carbocycles. The minimum Gasteiger partial charge on any atom is -0.457 e. The van der Waals surface area contributed by atoms with E-state index in [0.717, 1.165) is 4.88 Å². The van der Waals surface area contributed by atoms with Crippen LogP contribution in [0.5, 0.6) is 0 Å². The molecule has 0 radical (unpaired) electrons. The molecular formula is C13H14O2S. The highest BCUT2D eigenvalue weighted by atomic mass is 32.1. The van der Waals surface area contributed by atoms with Crippen LogP contribution in [-0.4, -0.2) is 11.6 Å². The second-order valence-corrected chi connectivity index (χ2v) is 5.16. The van der Waals surface area contributed by atoms with Gasteiger partial charge in [0.1, 0.15) is 5.60 Å². The number of carbonyl (C=O) groups excluding carboxylic acids is 1. The zero-order chi connectivity index (χ0) is 12.2. The van der Waals surface area contributed by atoms with Gasteiger partial charge in [-0.15, -0.1) is 17.8 Å². The van der Waals surface area contributed by atoms with Crippen molar-refractivity contribution in [3.8, 4) is 12.3 Å². The summed E-state index contributed by atoms with van der Waals surface area (Å²) in [5.41, 5.74) is 0.0622. The molecule has 1 aromatic rings. The summed E-state index contributed by atoms with van der Waals surface area (Å²) in [5, 5.41) is 1.91. The van der Waals surface area contributed by atoms with Crippen LogP contribution in [0.25, 0.3) is 5.57 Å². The molecule has 0 atom stereocenters. The Kier molecular flexibility index (Phi) is 3.92. The van der Waals surface area contributed by atoms with E-state index < -0.39 is 11.6 Å². The molecule has 0 aliphatic heterocycles. The molecule has 1 rings (SSSR count). The summed E-state index contributed by atoms with van der Waals surface area (Å²) in [6.07, 6.45) is 6.71. The standard InChI is InChI=1S/C13H14O2S/c1-5-10(11-7-6-8-16-11)9-12(14)15-13(2,3)4/h1,6-9H,2-4H3. The average Bonchev–Trinajstić information content (AvgIpc) is 2.63. The van der Waals surface area contributed by atoms with E-state index in [-0.39, 0.29) is 0 Å². The lowest BCUT2D eigenvalue weighted by atomic mass is 10.2. The van der Waals surface area contributed by atoms with Gasteiger partial charge in [-0.2, -0.15) is 0 Å². The third kappa shape index (κ3) is 3.92. The first-order valence-corrected chi connectivity index (χ1v) is 5.75. The molecule has 0 amide bonds. The number of rotatable bonds is 2. The average molecular weight is 234 g/mol. The minimum absolute atomic E-state index is 0.408. The number of thiophene rings is 1. The van der Waals surface area contributed by atoms with Crippen LogP contribution in [0.15, 0.2) is 23.6 Å². The Balaban J connectivity index is 2.83. The van der Waals surface area contributed by atoms with Crippen LogP contribution >= 0.6 is 11.3 Å². The lowest BCUT2D eigenvalue weighted by Gasteiger charge is -2.18. The van der Waals surface area contributed by atoms with Crippen LogP contribution in [0.4, 0.5) is 0 Å². The van der Waals surface area contributed by atoms with Crippen molar-refractivity contribution in [2.24, 2.45) is 0 Å². The molecule has 3 heteroatoms. The van der Waals surface area contributed by atoms with E-state index in [1.54, 1.807) is 0 Å². The highest BCUT2D eigenvalue weighted by molar-refractivity contribution is 7.11. The summed E-state index contributed by atoms with van der Waals surface area (Å²) in [6.45, 7) is 5.46. The van der Waals surface area contributed by atoms with Crippen molar-refractivity contribution in [2.75, 3.05) is 0 Å². The normalized spacial score (nSPS) is 12.0. The predicted octanol–water partition coefficient (Wildman–Crippen LogP) is 3.11. The Labute approximate surface area is 99.9 Å². The van der Waals surface area contributed by atoms with Crippen LogP contribution in [0.3, 0.4) is 0 Å². The van der Waals surface area contributed by atoms with Gasteiger partial charge in [0.05, 0.1) is 0 Å². The Morgan fingerprint density at radius 1 is 1.56 bits per heavy atom. The molecule has 0 unspecified atom stereocenters. The fraction of sp³-hybridized carbons (Fsp3) is 0.308. The summed E-state index contributed by atoms with van der Waals surface area (Å²) < 4.78 is 5.16. The molecule has 0 N–H and O–H groups in total. The van der Waals surface area contributed by atoms with Gasteiger partial charge < -0.3 is 4.74 Å². The van der Waals surface area contributed by atoms with E-state index >= 15 is 0 Å². The van der Waals surface area contributed by atoms with Crippen molar-refractivity contribution < 1.29 is 9.53 Å². The summed E-state index contributed by atoms with van der Waals surface area (Å²) >= 11 is 1.50. The van der Waals surface area contributed by atoms with Crippen LogP contribution < -0.4 is 0 Å². The van der Waals surface area contributed by atoms with Crippen molar-refractivity contribution in [1.82, 2.24) is 0 Å². The van der Waals surface area contributed by atoms with Crippen LogP contribution in [0, 0.1) is 12.3 Å². The van der Waals surface area contributed by atoms with Gasteiger partial charge in [-0.25, -0.2) is 4.79 Å². The molecule has 0 fully saturated rings. The predicted molar refractivity (Wildman–Crippen MR) is 67.0 cm³/mol. The van der Waals surface area contributed by atoms with Crippen LogP contribution in [-0.2, 0) is 9.53 Å². The molecule has 0 aliphatic rings. The van der Waals surface area contributed by atoms with Crippen molar-refractivity contribution in [2.45, 2.75) is 26.4 Å². The number of carbonyl (C=O) groups is 1. The number of esters is 1. The van der Waals surface area contributed by atoms with Gasteiger partial charge in [0.2, 0.25) is 0 Å². The molecule has 0 saturated heterocycles. The largest absolute Gasteiger partial charge is 0.457 e. The molecule has 16 heavy (non-hydrogen) atoms. The van der Waals surface area contributed by atoms with E-state index in [4.69, 9.17) is 11.2 Å². The molecular weight excluding hydrogens is 220 g/mol. The maximum absolute atomic E-state index is 11.5. The fourth-order valence-corrected chi connectivity index (χ4v) is 1.77. The Hall–Kier alpha value is -1.53. The molecule has 0 aromatic carbocycles. The van der Waals surface area contributed by atoms with Gasteiger partial charge in [0, 0.05) is 16.5 Å². The number of hydrogen-bond acceptors (Lipinski definition) is 3. The van der Waals surface area contributed by atoms with Crippen molar-refractivity contribution in [1.29, 1.82) is 0 Å². The molecule has 84 valence electrons. The number of hydrogen-bond donors (Lipinski definition) is 0. The van der Waals surface area contributed by atoms with Gasteiger partial charge in [-0.05, 0) is 32.2 Å². The summed E-state index contributed by atoms with van der Waals surface area (Å²) in [7, 11) is 0. The highest BCUT2D eigenvalue weighted by Crippen LogP contribution is 2.20. The van der Waals surface area contributed by atoms with Gasteiger partial charge in [-0.3, -0.25) is 0 Å². The first-order valence-electron chi connectivity index (χ1n) is 4.87. The second-order valence-electron chi connectivity index (χ2n) is 4.21. The van der Waals surface area contributed by atoms with E-state index in [1.165, 1.54) is 17.4 Å². The van der Waals surface area contributed by atoms with Crippen molar-refractivity contribution in [3.05, 3.63) is 28.5 Å². The molecule has 1 aromatic heterocycles. The van der Waals surface area contributed by atoms with Gasteiger partial charge in [-0.1, -0.05) is 12.0 Å². The first-order chi connectivity index (χ1) is 7.42. The third-order valence-corrected chi connectivity index (χ3v) is 2.51. The topological polar surface area (TPSA) is 26.3 Å². The minimum atomic E-state index is -0.497. The lowest BCUT2D eigenvalue weighted by molar-refractivity contribution is -0.148. The number of ether oxygens (including phenoxy) is 1. The maximum atomic E-state index is 11.5. The summed E-state index contributed by atoms with van der Waals surface area (Å²) in [5.74, 6) is 2.08. The van der Waals surface area contributed by atoms with Crippen molar-refractivity contribution in [3.63, 3.8) is 0 Å². The zero-order valence-corrected chi connectivity index (χ0v) is 10.4. The van der Waals surface area contributed by atoms with Crippen molar-refractivity contribution >= 4 is 22.9 Å². The lowest BCUT2D eigenvalue weighted by Crippen LogP contribution is -2.22. The molecule has 1 heterocycles. The molecule has 0 bridgehead atoms. The third-order valence-electron chi connectivity index (χ3n) is 1.61. The Morgan fingerprint density at radius 3 is 2.69 bits per heavy atom.